The fourth-order valence-corrected chi connectivity index (χ4v) is 6.55. The first-order chi connectivity index (χ1) is 11.5. The van der Waals surface area contributed by atoms with E-state index in [0.29, 0.717) is 23.8 Å². The molecule has 4 unspecified atom stereocenters. The van der Waals surface area contributed by atoms with E-state index in [9.17, 15) is 4.80 Å². The van der Waals surface area contributed by atoms with Gasteiger partial charge < -0.3 is 31.0 Å². The molecule has 0 bridgehead atoms. The van der Waals surface area contributed by atoms with Crippen LogP contribution in [0.3, 0.4) is 0 Å². The summed E-state index contributed by atoms with van der Waals surface area (Å²) in [7, 11) is -3.63. The Labute approximate surface area is 174 Å². The molecule has 0 saturated carbocycles. The Morgan fingerprint density at radius 1 is 0.808 bits per heavy atom. The average molecular weight is 419 g/mol. The molecule has 0 spiro atoms. The third kappa shape index (κ3) is 11.5. The minimum Gasteiger partial charge on any atom is -0.419 e. The first-order valence-corrected chi connectivity index (χ1v) is 16.1. The summed E-state index contributed by atoms with van der Waals surface area (Å²) in [5, 5.41) is 14.8. The van der Waals surface area contributed by atoms with Crippen LogP contribution in [-0.4, -0.2) is 95.2 Å². The third-order valence-electron chi connectivity index (χ3n) is 5.16. The van der Waals surface area contributed by atoms with Crippen molar-refractivity contribution in [2.24, 2.45) is 0 Å². The minimum absolute atomic E-state index is 0. The molecule has 1 radical (unpaired) electrons. The van der Waals surface area contributed by atoms with Gasteiger partial charge in [-0.1, -0.05) is 13.1 Å². The van der Waals surface area contributed by atoms with Gasteiger partial charge >= 0.3 is 0 Å². The summed E-state index contributed by atoms with van der Waals surface area (Å²) < 4.78 is 0. The molecule has 4 atom stereocenters. The molecule has 155 valence electrons. The zero-order chi connectivity index (χ0) is 19.1. The van der Waals surface area contributed by atoms with Gasteiger partial charge in [0.2, 0.25) is 0 Å². The summed E-state index contributed by atoms with van der Waals surface area (Å²) in [5.41, 5.74) is 0.529. The highest BCUT2D eigenvalue weighted by atomic mass is 28.4. The normalized spacial score (nSPS) is 30.0. The largest absolute Gasteiger partial charge is 0.419 e. The van der Waals surface area contributed by atoms with Gasteiger partial charge in [-0.15, -0.1) is 0 Å². The van der Waals surface area contributed by atoms with Crippen molar-refractivity contribution >= 4 is 33.9 Å². The van der Waals surface area contributed by atoms with Crippen LogP contribution in [0.15, 0.2) is 0 Å². The predicted octanol–water partition coefficient (Wildman–Crippen LogP) is -0.492. The van der Waals surface area contributed by atoms with Crippen molar-refractivity contribution in [1.82, 2.24) is 26.2 Å². The topological polar surface area (TPSA) is 80.4 Å². The van der Waals surface area contributed by atoms with E-state index in [0.717, 1.165) is 32.7 Å². The van der Waals surface area contributed by atoms with Crippen LogP contribution in [0.4, 0.5) is 0 Å². The lowest BCUT2D eigenvalue weighted by Gasteiger charge is -2.36. The lowest BCUT2D eigenvalue weighted by atomic mass is 10.2. The molecule has 1 rings (SSSR count). The Bertz CT molecular complexity index is 367. The molecule has 0 aromatic rings. The molecular weight excluding hydrogens is 373 g/mol. The van der Waals surface area contributed by atoms with Crippen molar-refractivity contribution in [3.8, 4) is 0 Å². The van der Waals surface area contributed by atoms with E-state index < -0.39 is 16.6 Å². The summed E-state index contributed by atoms with van der Waals surface area (Å²) in [5.74, 6) is 0. The van der Waals surface area contributed by atoms with Gasteiger partial charge in [-0.05, 0) is 46.5 Å². The van der Waals surface area contributed by atoms with Crippen LogP contribution in [0, 0.1) is 0 Å². The molecule has 1 aliphatic rings. The first kappa shape index (κ1) is 26.7. The summed E-state index contributed by atoms with van der Waals surface area (Å²) in [6.45, 7) is 20.5. The van der Waals surface area contributed by atoms with Crippen molar-refractivity contribution in [3.63, 3.8) is 0 Å². The number of rotatable bonds is 5. The van der Waals surface area contributed by atoms with Gasteiger partial charge in [-0.3, -0.25) is 0 Å². The van der Waals surface area contributed by atoms with Gasteiger partial charge in [-0.25, -0.2) is 0 Å². The quantitative estimate of drug-likeness (QED) is 0.338. The van der Waals surface area contributed by atoms with Crippen molar-refractivity contribution < 1.29 is 4.80 Å². The Morgan fingerprint density at radius 2 is 1.23 bits per heavy atom. The van der Waals surface area contributed by atoms with Gasteiger partial charge in [0.15, 0.2) is 0 Å². The molecule has 1 fully saturated rings. The predicted molar refractivity (Wildman–Crippen MR) is 123 cm³/mol. The van der Waals surface area contributed by atoms with Crippen molar-refractivity contribution in [2.75, 3.05) is 32.7 Å². The van der Waals surface area contributed by atoms with Crippen molar-refractivity contribution in [3.05, 3.63) is 0 Å². The van der Waals surface area contributed by atoms with Gasteiger partial charge in [-0.2, -0.15) is 0 Å². The summed E-state index contributed by atoms with van der Waals surface area (Å²) in [6, 6.07) is 2.60. The SMILES string of the molecule is CC1CNC(C)CNC([Si](C)(C)CCN[Si](C)(C)O)CNC(C)CN1.[AlH2]. The molecule has 0 amide bonds. The van der Waals surface area contributed by atoms with E-state index in [1.165, 1.54) is 6.04 Å². The van der Waals surface area contributed by atoms with Crippen LogP contribution in [0.5, 0.6) is 0 Å². The highest BCUT2D eigenvalue weighted by Gasteiger charge is 2.32. The number of nitrogens with one attached hydrogen (secondary N) is 5. The van der Waals surface area contributed by atoms with E-state index in [2.05, 4.69) is 60.1 Å². The van der Waals surface area contributed by atoms with Crippen molar-refractivity contribution in [2.45, 2.75) is 76.8 Å². The lowest BCUT2D eigenvalue weighted by Crippen LogP contribution is -2.61. The molecule has 6 N–H and O–H groups in total. The Morgan fingerprint density at radius 3 is 1.69 bits per heavy atom. The molecule has 1 aliphatic heterocycles. The van der Waals surface area contributed by atoms with E-state index >= 15 is 0 Å². The molecular formula is C17H45AlN5OSi2. The van der Waals surface area contributed by atoms with Crippen LogP contribution in [0.2, 0.25) is 32.2 Å². The van der Waals surface area contributed by atoms with Gasteiger partial charge in [0, 0.05) is 50.0 Å². The maximum atomic E-state index is 10.0. The zero-order valence-electron chi connectivity index (χ0n) is 18.5. The summed E-state index contributed by atoms with van der Waals surface area (Å²) >= 11 is 0. The summed E-state index contributed by atoms with van der Waals surface area (Å²) in [6.07, 6.45) is 0. The zero-order valence-corrected chi connectivity index (χ0v) is 22.5. The van der Waals surface area contributed by atoms with Crippen LogP contribution in [0.25, 0.3) is 0 Å². The lowest BCUT2D eigenvalue weighted by molar-refractivity contribution is 0.391. The Kier molecular flexibility index (Phi) is 12.7. The van der Waals surface area contributed by atoms with E-state index in [1.54, 1.807) is 0 Å². The van der Waals surface area contributed by atoms with E-state index in [1.807, 2.05) is 13.1 Å². The highest BCUT2D eigenvalue weighted by Crippen LogP contribution is 2.14. The Balaban J connectivity index is 0.00000625. The second kappa shape index (κ2) is 12.3. The smallest absolute Gasteiger partial charge is 0.259 e. The maximum Gasteiger partial charge on any atom is 0.259 e. The van der Waals surface area contributed by atoms with Crippen LogP contribution < -0.4 is 26.2 Å². The maximum absolute atomic E-state index is 10.0. The molecule has 6 nitrogen and oxygen atoms in total. The second-order valence-electron chi connectivity index (χ2n) is 9.11. The highest BCUT2D eigenvalue weighted by molar-refractivity contribution is 6.79. The molecule has 0 aromatic carbocycles. The van der Waals surface area contributed by atoms with Crippen LogP contribution >= 0.6 is 0 Å². The van der Waals surface area contributed by atoms with Crippen molar-refractivity contribution in [1.29, 1.82) is 0 Å². The van der Waals surface area contributed by atoms with Gasteiger partial charge in [0.05, 0.1) is 8.07 Å². The average Bonchev–Trinajstić information content (AvgIpc) is 2.47. The molecule has 0 aliphatic carbocycles. The standard InChI is InChI=1S/C17H43N5OSi2.Al.2H/c1-14-10-19-16(3)12-21-17(13-20-15(2)11-18-14)24(4,5)9-8-22-25(6,7)23;;;/h14-23H,8-13H2,1-7H3;;;. The molecule has 1 saturated heterocycles. The van der Waals surface area contributed by atoms with Crippen LogP contribution in [0.1, 0.15) is 20.8 Å². The molecule has 0 aromatic heterocycles. The summed E-state index contributed by atoms with van der Waals surface area (Å²) in [4.78, 5) is 13.4. The molecule has 9 heteroatoms. The van der Waals surface area contributed by atoms with Crippen LogP contribution in [-0.2, 0) is 0 Å². The minimum atomic E-state index is -2.16. The fraction of sp³-hybridized carbons (Fsp3) is 1.00. The molecule has 26 heavy (non-hydrogen) atoms. The molecule has 1 heterocycles. The second-order valence-corrected chi connectivity index (χ2v) is 17.8. The monoisotopic (exact) mass is 418 g/mol. The number of hydrogen-bond donors (Lipinski definition) is 6. The number of hydrogen-bond acceptors (Lipinski definition) is 6. The Hall–Kier alpha value is 0.726. The van der Waals surface area contributed by atoms with Gasteiger partial charge in [0.25, 0.3) is 8.48 Å². The van der Waals surface area contributed by atoms with Gasteiger partial charge in [0.1, 0.15) is 17.4 Å². The van der Waals surface area contributed by atoms with E-state index in [-0.39, 0.29) is 17.4 Å². The third-order valence-corrected chi connectivity index (χ3v) is 10.1. The van der Waals surface area contributed by atoms with E-state index in [4.69, 9.17) is 0 Å². The first-order valence-electron chi connectivity index (χ1n) is 9.90. The fourth-order valence-electron chi connectivity index (χ4n) is 3.10.